The van der Waals surface area contributed by atoms with Crippen LogP contribution in [0.15, 0.2) is 75.1 Å². The van der Waals surface area contributed by atoms with E-state index in [0.717, 1.165) is 26.5 Å². The zero-order chi connectivity index (χ0) is 21.4. The van der Waals surface area contributed by atoms with Crippen molar-refractivity contribution in [2.45, 2.75) is 24.8 Å². The Kier molecular flexibility index (Phi) is 5.17. The van der Waals surface area contributed by atoms with Crippen LogP contribution in [0.25, 0.3) is 26.3 Å². The number of nitrogens with zero attached hydrogens (tertiary/aromatic N) is 4. The van der Waals surface area contributed by atoms with Crippen molar-refractivity contribution in [3.05, 3.63) is 88.3 Å². The maximum atomic E-state index is 13.6. The maximum Gasteiger partial charge on any atom is 0.267 e. The molecule has 0 aliphatic carbocycles. The van der Waals surface area contributed by atoms with Crippen LogP contribution in [0.4, 0.5) is 0 Å². The number of aromatic nitrogens is 4. The fourth-order valence-electron chi connectivity index (χ4n) is 3.36. The van der Waals surface area contributed by atoms with Crippen LogP contribution in [-0.4, -0.2) is 19.7 Å². The lowest BCUT2D eigenvalue weighted by Crippen LogP contribution is -2.21. The van der Waals surface area contributed by atoms with Crippen molar-refractivity contribution < 1.29 is 4.52 Å². The molecule has 0 N–H and O–H groups in total. The van der Waals surface area contributed by atoms with Crippen LogP contribution >= 0.6 is 23.1 Å². The smallest absolute Gasteiger partial charge is 0.267 e. The maximum absolute atomic E-state index is 13.6. The van der Waals surface area contributed by atoms with Gasteiger partial charge in [0.1, 0.15) is 4.83 Å². The Morgan fingerprint density at radius 2 is 1.81 bits per heavy atom. The van der Waals surface area contributed by atoms with Gasteiger partial charge in [0.05, 0.1) is 16.8 Å². The monoisotopic (exact) mass is 446 g/mol. The van der Waals surface area contributed by atoms with Crippen LogP contribution < -0.4 is 5.56 Å². The summed E-state index contributed by atoms with van der Waals surface area (Å²) >= 11 is 2.94. The normalized spacial score (nSPS) is 11.3. The highest BCUT2D eigenvalue weighted by molar-refractivity contribution is 7.98. The van der Waals surface area contributed by atoms with Gasteiger partial charge < -0.3 is 4.52 Å². The first-order valence-electron chi connectivity index (χ1n) is 9.70. The molecule has 0 aliphatic rings. The first kappa shape index (κ1) is 19.7. The number of para-hydroxylation sites is 1. The minimum Gasteiger partial charge on any atom is -0.338 e. The number of hydrogen-bond donors (Lipinski definition) is 0. The zero-order valence-electron chi connectivity index (χ0n) is 16.9. The Bertz CT molecular complexity index is 1440. The predicted octanol–water partition coefficient (Wildman–Crippen LogP) is 5.41. The molecule has 3 aromatic heterocycles. The molecule has 8 heteroatoms. The van der Waals surface area contributed by atoms with Gasteiger partial charge in [-0.25, -0.2) is 4.98 Å². The number of rotatable bonds is 5. The number of thiophene rings is 1. The summed E-state index contributed by atoms with van der Waals surface area (Å²) in [6.45, 7) is 3.77. The van der Waals surface area contributed by atoms with Crippen molar-refractivity contribution in [1.82, 2.24) is 19.7 Å². The highest BCUT2D eigenvalue weighted by Gasteiger charge is 2.18. The summed E-state index contributed by atoms with van der Waals surface area (Å²) in [6.07, 6.45) is 0. The quantitative estimate of drug-likeness (QED) is 0.266. The van der Waals surface area contributed by atoms with E-state index >= 15 is 0 Å². The van der Waals surface area contributed by atoms with E-state index in [4.69, 9.17) is 9.51 Å². The van der Waals surface area contributed by atoms with Gasteiger partial charge in [-0.2, -0.15) is 4.98 Å². The van der Waals surface area contributed by atoms with Gasteiger partial charge in [-0.3, -0.25) is 9.36 Å². The third kappa shape index (κ3) is 3.80. The third-order valence-corrected chi connectivity index (χ3v) is 6.84. The highest BCUT2D eigenvalue weighted by Crippen LogP contribution is 2.33. The Hall–Kier alpha value is -3.23. The first-order valence-corrected chi connectivity index (χ1v) is 11.5. The summed E-state index contributed by atoms with van der Waals surface area (Å²) in [5, 5.41) is 5.06. The SMILES string of the molecule is Cc1noc(CSc2nc3sc(-c4ccccc4)cc3c(=O)n2-c2ccccc2C)n1. The molecule has 0 saturated heterocycles. The van der Waals surface area contributed by atoms with E-state index < -0.39 is 0 Å². The fourth-order valence-corrected chi connectivity index (χ4v) is 5.28. The standard InChI is InChI=1S/C23H18N4O2S2/c1-14-8-6-7-11-18(14)27-22(28)17-12-19(16-9-4-3-5-10-16)31-21(17)25-23(27)30-13-20-24-15(2)26-29-20/h3-12H,13H2,1-2H3. The average Bonchev–Trinajstić information content (AvgIpc) is 3.40. The van der Waals surface area contributed by atoms with Crippen molar-refractivity contribution in [3.63, 3.8) is 0 Å². The molecule has 0 amide bonds. The second-order valence-electron chi connectivity index (χ2n) is 7.04. The summed E-state index contributed by atoms with van der Waals surface area (Å²) in [4.78, 5) is 24.5. The molecule has 0 atom stereocenters. The number of benzene rings is 2. The van der Waals surface area contributed by atoms with Crippen molar-refractivity contribution in [3.8, 4) is 16.1 Å². The third-order valence-electron chi connectivity index (χ3n) is 4.84. The summed E-state index contributed by atoms with van der Waals surface area (Å²) in [7, 11) is 0. The predicted molar refractivity (Wildman–Crippen MR) is 124 cm³/mol. The van der Waals surface area contributed by atoms with Gasteiger partial charge in [0.15, 0.2) is 11.0 Å². The fraction of sp³-hybridized carbons (Fsp3) is 0.130. The number of hydrogen-bond acceptors (Lipinski definition) is 7. The van der Waals surface area contributed by atoms with Crippen LogP contribution in [0.3, 0.4) is 0 Å². The molecular weight excluding hydrogens is 428 g/mol. The van der Waals surface area contributed by atoms with Gasteiger partial charge in [0.2, 0.25) is 5.89 Å². The summed E-state index contributed by atoms with van der Waals surface area (Å²) in [6, 6.07) is 19.8. The van der Waals surface area contributed by atoms with E-state index in [2.05, 4.69) is 10.1 Å². The first-order chi connectivity index (χ1) is 15.1. The van der Waals surface area contributed by atoms with Gasteiger partial charge in [-0.1, -0.05) is 65.4 Å². The molecule has 0 unspecified atom stereocenters. The topological polar surface area (TPSA) is 73.8 Å². The molecule has 0 saturated carbocycles. The lowest BCUT2D eigenvalue weighted by atomic mass is 10.2. The number of fused-ring (bicyclic) bond motifs is 1. The van der Waals surface area contributed by atoms with Crippen molar-refractivity contribution in [1.29, 1.82) is 0 Å². The van der Waals surface area contributed by atoms with E-state index in [-0.39, 0.29) is 5.56 Å². The minimum absolute atomic E-state index is 0.0815. The molecule has 5 aromatic rings. The Balaban J connectivity index is 1.67. The van der Waals surface area contributed by atoms with E-state index in [9.17, 15) is 4.79 Å². The number of thioether (sulfide) groups is 1. The van der Waals surface area contributed by atoms with Gasteiger partial charge >= 0.3 is 0 Å². The molecular formula is C23H18N4O2S2. The second-order valence-corrected chi connectivity index (χ2v) is 9.01. The molecule has 0 bridgehead atoms. The average molecular weight is 447 g/mol. The summed E-state index contributed by atoms with van der Waals surface area (Å²) < 4.78 is 6.93. The van der Waals surface area contributed by atoms with Crippen LogP contribution in [-0.2, 0) is 5.75 Å². The van der Waals surface area contributed by atoms with Gasteiger partial charge in [-0.15, -0.1) is 11.3 Å². The van der Waals surface area contributed by atoms with Gasteiger partial charge in [0.25, 0.3) is 5.56 Å². The van der Waals surface area contributed by atoms with Gasteiger partial charge in [-0.05, 0) is 37.1 Å². The van der Waals surface area contributed by atoms with Crippen LogP contribution in [0, 0.1) is 13.8 Å². The largest absolute Gasteiger partial charge is 0.338 e. The highest BCUT2D eigenvalue weighted by atomic mass is 32.2. The Labute approximate surface area is 186 Å². The molecule has 6 nitrogen and oxygen atoms in total. The molecule has 0 fully saturated rings. The Morgan fingerprint density at radius 1 is 1.03 bits per heavy atom. The molecule has 5 rings (SSSR count). The zero-order valence-corrected chi connectivity index (χ0v) is 18.5. The van der Waals surface area contributed by atoms with Gasteiger partial charge in [0, 0.05) is 4.88 Å². The van der Waals surface area contributed by atoms with Crippen molar-refractivity contribution >= 4 is 33.3 Å². The van der Waals surface area contributed by atoms with Crippen LogP contribution in [0.1, 0.15) is 17.3 Å². The van der Waals surface area contributed by atoms with E-state index in [1.54, 1.807) is 11.5 Å². The molecule has 31 heavy (non-hydrogen) atoms. The van der Waals surface area contributed by atoms with Crippen LogP contribution in [0.5, 0.6) is 0 Å². The summed E-state index contributed by atoms with van der Waals surface area (Å²) in [5.41, 5.74) is 2.81. The number of aryl methyl sites for hydroxylation is 2. The molecule has 0 spiro atoms. The molecule has 2 aromatic carbocycles. The molecule has 3 heterocycles. The van der Waals surface area contributed by atoms with E-state index in [1.807, 2.05) is 67.6 Å². The van der Waals surface area contributed by atoms with E-state index in [0.29, 0.717) is 28.0 Å². The molecule has 0 radical (unpaired) electrons. The van der Waals surface area contributed by atoms with Crippen molar-refractivity contribution in [2.75, 3.05) is 0 Å². The molecule has 154 valence electrons. The van der Waals surface area contributed by atoms with Crippen LogP contribution in [0.2, 0.25) is 0 Å². The lowest BCUT2D eigenvalue weighted by Gasteiger charge is -2.13. The summed E-state index contributed by atoms with van der Waals surface area (Å²) in [5.74, 6) is 1.52. The second kappa shape index (κ2) is 8.13. The van der Waals surface area contributed by atoms with E-state index in [1.165, 1.54) is 23.1 Å². The lowest BCUT2D eigenvalue weighted by molar-refractivity contribution is 0.387. The van der Waals surface area contributed by atoms with Crippen molar-refractivity contribution in [2.24, 2.45) is 0 Å². The minimum atomic E-state index is -0.0815. The molecule has 0 aliphatic heterocycles. The Morgan fingerprint density at radius 3 is 2.55 bits per heavy atom.